The molecule has 4 heteroatoms. The largest absolute Gasteiger partial charge is 0.481 e. The molecule has 0 spiro atoms. The second kappa shape index (κ2) is 6.78. The van der Waals surface area contributed by atoms with Crippen LogP contribution in [-0.4, -0.2) is 16.9 Å². The third kappa shape index (κ3) is 5.24. The van der Waals surface area contributed by atoms with E-state index in [4.69, 9.17) is 5.11 Å². The topological polar surface area (TPSA) is 54.4 Å². The number of hydrogen-bond donors (Lipinski definition) is 1. The van der Waals surface area contributed by atoms with Crippen LogP contribution in [-0.2, 0) is 4.79 Å². The van der Waals surface area contributed by atoms with Crippen molar-refractivity contribution in [2.45, 2.75) is 32.1 Å². The minimum atomic E-state index is -0.818. The number of carbonyl (C=O) groups is 2. The molecule has 0 fully saturated rings. The smallest absolute Gasteiger partial charge is 0.303 e. The Kier molecular flexibility index (Phi) is 5.33. The average molecular weight is 238 g/mol. The Hall–Kier alpha value is -1.71. The van der Waals surface area contributed by atoms with E-state index in [-0.39, 0.29) is 12.2 Å². The first-order valence-electron chi connectivity index (χ1n) is 5.60. The molecule has 0 aliphatic heterocycles. The lowest BCUT2D eigenvalue weighted by atomic mass is 10.0. The first-order chi connectivity index (χ1) is 8.09. The zero-order valence-corrected chi connectivity index (χ0v) is 9.49. The number of carbonyl (C=O) groups excluding carboxylic acids is 1. The molecule has 0 atom stereocenters. The molecule has 17 heavy (non-hydrogen) atoms. The van der Waals surface area contributed by atoms with Gasteiger partial charge in [-0.2, -0.15) is 0 Å². The summed E-state index contributed by atoms with van der Waals surface area (Å²) in [4.78, 5) is 21.9. The van der Waals surface area contributed by atoms with Crippen molar-refractivity contribution in [2.24, 2.45) is 0 Å². The van der Waals surface area contributed by atoms with E-state index in [9.17, 15) is 14.0 Å². The van der Waals surface area contributed by atoms with Crippen LogP contribution in [0.4, 0.5) is 4.39 Å². The zero-order chi connectivity index (χ0) is 12.7. The van der Waals surface area contributed by atoms with Gasteiger partial charge in [-0.15, -0.1) is 0 Å². The fourth-order valence-electron chi connectivity index (χ4n) is 1.54. The van der Waals surface area contributed by atoms with E-state index in [0.29, 0.717) is 31.2 Å². The normalized spacial score (nSPS) is 10.2. The summed E-state index contributed by atoms with van der Waals surface area (Å²) in [6, 6.07) is 5.61. The van der Waals surface area contributed by atoms with E-state index >= 15 is 0 Å². The first kappa shape index (κ1) is 13.4. The summed E-state index contributed by atoms with van der Waals surface area (Å²) in [6.07, 6.45) is 2.39. The highest BCUT2D eigenvalue weighted by atomic mass is 19.1. The molecule has 0 amide bonds. The van der Waals surface area contributed by atoms with Gasteiger partial charge in [0.2, 0.25) is 0 Å². The van der Waals surface area contributed by atoms with E-state index in [0.717, 1.165) is 0 Å². The lowest BCUT2D eigenvalue weighted by Crippen LogP contribution is -2.00. The number of aliphatic carboxylic acids is 1. The van der Waals surface area contributed by atoms with Crippen molar-refractivity contribution in [1.29, 1.82) is 0 Å². The minimum absolute atomic E-state index is 0.0974. The molecule has 0 aromatic heterocycles. The quantitative estimate of drug-likeness (QED) is 0.586. The minimum Gasteiger partial charge on any atom is -0.481 e. The molecule has 0 aliphatic rings. The predicted octanol–water partition coefficient (Wildman–Crippen LogP) is 3.04. The van der Waals surface area contributed by atoms with Crippen LogP contribution in [0.1, 0.15) is 42.5 Å². The summed E-state index contributed by atoms with van der Waals surface area (Å²) >= 11 is 0. The number of carboxylic acid groups (broad SMARTS) is 1. The molecule has 1 N–H and O–H groups in total. The summed E-state index contributed by atoms with van der Waals surface area (Å²) in [5, 5.41) is 8.42. The van der Waals surface area contributed by atoms with Gasteiger partial charge in [0.15, 0.2) is 5.78 Å². The Labute approximate surface area is 99.3 Å². The SMILES string of the molecule is O=C(O)CCCCCC(=O)c1cccc(F)c1. The van der Waals surface area contributed by atoms with Crippen LogP contribution in [0.25, 0.3) is 0 Å². The van der Waals surface area contributed by atoms with Crippen molar-refractivity contribution >= 4 is 11.8 Å². The zero-order valence-electron chi connectivity index (χ0n) is 9.49. The maximum absolute atomic E-state index is 12.8. The molecule has 0 bridgehead atoms. The van der Waals surface area contributed by atoms with Gasteiger partial charge in [0.1, 0.15) is 5.82 Å². The third-order valence-corrected chi connectivity index (χ3v) is 2.44. The fourth-order valence-corrected chi connectivity index (χ4v) is 1.54. The molecule has 1 aromatic rings. The Morgan fingerprint density at radius 3 is 2.47 bits per heavy atom. The van der Waals surface area contributed by atoms with Gasteiger partial charge < -0.3 is 5.11 Å². The van der Waals surface area contributed by atoms with E-state index in [2.05, 4.69) is 0 Å². The summed E-state index contributed by atoms with van der Waals surface area (Å²) < 4.78 is 12.8. The monoisotopic (exact) mass is 238 g/mol. The number of benzene rings is 1. The lowest BCUT2D eigenvalue weighted by Gasteiger charge is -2.01. The number of Topliss-reactive ketones (excluding diaryl/α,β-unsaturated/α-hetero) is 1. The van der Waals surface area contributed by atoms with E-state index in [1.54, 1.807) is 6.07 Å². The van der Waals surface area contributed by atoms with Crippen LogP contribution in [0.15, 0.2) is 24.3 Å². The molecule has 0 saturated heterocycles. The van der Waals surface area contributed by atoms with Crippen molar-refractivity contribution in [3.63, 3.8) is 0 Å². The molecule has 1 aromatic carbocycles. The molecule has 3 nitrogen and oxygen atoms in total. The molecule has 0 unspecified atom stereocenters. The number of hydrogen-bond acceptors (Lipinski definition) is 2. The van der Waals surface area contributed by atoms with Gasteiger partial charge in [-0.1, -0.05) is 18.6 Å². The number of carboxylic acids is 1. The second-order valence-electron chi connectivity index (χ2n) is 3.89. The van der Waals surface area contributed by atoms with Crippen molar-refractivity contribution in [1.82, 2.24) is 0 Å². The Morgan fingerprint density at radius 2 is 1.82 bits per heavy atom. The molecule has 0 saturated carbocycles. The average Bonchev–Trinajstić information content (AvgIpc) is 2.28. The van der Waals surface area contributed by atoms with Crippen LogP contribution < -0.4 is 0 Å². The summed E-state index contributed by atoms with van der Waals surface area (Å²) in [5.41, 5.74) is 0.378. The molecule has 0 heterocycles. The van der Waals surface area contributed by atoms with Crippen LogP contribution in [0.5, 0.6) is 0 Å². The standard InChI is InChI=1S/C13H15FO3/c14-11-6-4-5-10(9-11)12(15)7-2-1-3-8-13(16)17/h4-6,9H,1-3,7-8H2,(H,16,17). The predicted molar refractivity (Wildman–Crippen MR) is 61.5 cm³/mol. The Morgan fingerprint density at radius 1 is 1.12 bits per heavy atom. The number of halogens is 1. The van der Waals surface area contributed by atoms with Crippen molar-refractivity contribution in [3.05, 3.63) is 35.6 Å². The summed E-state index contributed by atoms with van der Waals surface area (Å²) in [6.45, 7) is 0. The summed E-state index contributed by atoms with van der Waals surface area (Å²) in [5.74, 6) is -1.33. The summed E-state index contributed by atoms with van der Waals surface area (Å²) in [7, 11) is 0. The van der Waals surface area contributed by atoms with Crippen molar-refractivity contribution < 1.29 is 19.1 Å². The van der Waals surface area contributed by atoms with Gasteiger partial charge in [0.05, 0.1) is 0 Å². The van der Waals surface area contributed by atoms with Crippen molar-refractivity contribution in [3.8, 4) is 0 Å². The molecular formula is C13H15FO3. The molecule has 92 valence electrons. The maximum Gasteiger partial charge on any atom is 0.303 e. The Balaban J connectivity index is 2.28. The maximum atomic E-state index is 12.8. The fraction of sp³-hybridized carbons (Fsp3) is 0.385. The molecular weight excluding hydrogens is 223 g/mol. The van der Waals surface area contributed by atoms with E-state index < -0.39 is 11.8 Å². The molecule has 1 rings (SSSR count). The van der Waals surface area contributed by atoms with Crippen LogP contribution >= 0.6 is 0 Å². The van der Waals surface area contributed by atoms with Crippen LogP contribution in [0.3, 0.4) is 0 Å². The van der Waals surface area contributed by atoms with Gasteiger partial charge in [-0.25, -0.2) is 4.39 Å². The van der Waals surface area contributed by atoms with E-state index in [1.807, 2.05) is 0 Å². The van der Waals surface area contributed by atoms with Gasteiger partial charge in [0.25, 0.3) is 0 Å². The van der Waals surface area contributed by atoms with Gasteiger partial charge >= 0.3 is 5.97 Å². The highest BCUT2D eigenvalue weighted by Crippen LogP contribution is 2.10. The highest BCUT2D eigenvalue weighted by Gasteiger charge is 2.06. The number of ketones is 1. The van der Waals surface area contributed by atoms with Gasteiger partial charge in [-0.05, 0) is 25.0 Å². The number of rotatable bonds is 7. The first-order valence-corrected chi connectivity index (χ1v) is 5.60. The third-order valence-electron chi connectivity index (χ3n) is 2.44. The molecule has 0 aliphatic carbocycles. The second-order valence-corrected chi connectivity index (χ2v) is 3.89. The van der Waals surface area contributed by atoms with E-state index in [1.165, 1.54) is 18.2 Å². The molecule has 0 radical (unpaired) electrons. The van der Waals surface area contributed by atoms with Gasteiger partial charge in [-0.3, -0.25) is 9.59 Å². The number of unbranched alkanes of at least 4 members (excludes halogenated alkanes) is 2. The Bertz CT molecular complexity index is 401. The van der Waals surface area contributed by atoms with Crippen molar-refractivity contribution in [2.75, 3.05) is 0 Å². The lowest BCUT2D eigenvalue weighted by molar-refractivity contribution is -0.137. The van der Waals surface area contributed by atoms with Gasteiger partial charge in [0, 0.05) is 18.4 Å². The van der Waals surface area contributed by atoms with Crippen LogP contribution in [0.2, 0.25) is 0 Å². The highest BCUT2D eigenvalue weighted by molar-refractivity contribution is 5.95. The van der Waals surface area contributed by atoms with Crippen LogP contribution in [0, 0.1) is 5.82 Å².